The second-order valence-corrected chi connectivity index (χ2v) is 7.72. The summed E-state index contributed by atoms with van der Waals surface area (Å²) in [5.74, 6) is -6.22. The Balaban J connectivity index is 2.09. The zero-order valence-corrected chi connectivity index (χ0v) is 18.6. The number of hydrogen-bond acceptors (Lipinski definition) is 3. The number of benzene rings is 2. The first kappa shape index (κ1) is 25.7. The van der Waals surface area contributed by atoms with E-state index >= 15 is 0 Å². The summed E-state index contributed by atoms with van der Waals surface area (Å²) in [7, 11) is 0. The highest BCUT2D eigenvalue weighted by Crippen LogP contribution is 2.19. The van der Waals surface area contributed by atoms with E-state index in [2.05, 4.69) is 16.0 Å². The van der Waals surface area contributed by atoms with E-state index in [1.807, 2.05) is 0 Å². The second kappa shape index (κ2) is 11.9. The summed E-state index contributed by atoms with van der Waals surface area (Å²) in [6.07, 6.45) is 0.513. The minimum Gasteiger partial charge on any atom is -0.332 e. The van der Waals surface area contributed by atoms with Gasteiger partial charge in [-0.1, -0.05) is 39.0 Å². The van der Waals surface area contributed by atoms with Crippen molar-refractivity contribution in [3.8, 4) is 0 Å². The van der Waals surface area contributed by atoms with Gasteiger partial charge in [-0.05, 0) is 36.6 Å². The molecule has 178 valence electrons. The Kier molecular flexibility index (Phi) is 9.26. The van der Waals surface area contributed by atoms with Crippen LogP contribution in [0.4, 0.5) is 29.3 Å². The van der Waals surface area contributed by atoms with Gasteiger partial charge in [0.15, 0.2) is 17.5 Å². The Morgan fingerprint density at radius 1 is 0.939 bits per heavy atom. The van der Waals surface area contributed by atoms with Crippen molar-refractivity contribution in [2.45, 2.75) is 33.2 Å². The summed E-state index contributed by atoms with van der Waals surface area (Å²) in [4.78, 5) is 39.2. The molecule has 0 aliphatic heterocycles. The molecule has 2 aromatic rings. The molecule has 2 aromatic carbocycles. The van der Waals surface area contributed by atoms with E-state index in [1.165, 1.54) is 4.90 Å². The molecule has 0 radical (unpaired) electrons. The van der Waals surface area contributed by atoms with Gasteiger partial charge >= 0.3 is 6.03 Å². The van der Waals surface area contributed by atoms with Crippen molar-refractivity contribution in [2.75, 3.05) is 23.7 Å². The average molecular weight is 464 g/mol. The lowest BCUT2D eigenvalue weighted by atomic mass is 10.0. The minimum absolute atomic E-state index is 0.192. The maximum Gasteiger partial charge on any atom is 0.319 e. The summed E-state index contributed by atoms with van der Waals surface area (Å²) < 4.78 is 40.4. The van der Waals surface area contributed by atoms with Crippen molar-refractivity contribution >= 4 is 29.2 Å². The van der Waals surface area contributed by atoms with E-state index in [1.54, 1.807) is 51.1 Å². The van der Waals surface area contributed by atoms with Gasteiger partial charge in [-0.15, -0.1) is 0 Å². The van der Waals surface area contributed by atoms with Crippen LogP contribution in [0.3, 0.4) is 0 Å². The van der Waals surface area contributed by atoms with Crippen LogP contribution < -0.4 is 16.0 Å². The van der Waals surface area contributed by atoms with Gasteiger partial charge in [-0.2, -0.15) is 0 Å². The van der Waals surface area contributed by atoms with Gasteiger partial charge in [0.05, 0.1) is 12.2 Å². The number of carbonyl (C=O) groups excluding carboxylic acids is 3. The largest absolute Gasteiger partial charge is 0.332 e. The van der Waals surface area contributed by atoms with Gasteiger partial charge in [-0.25, -0.2) is 18.0 Å². The quantitative estimate of drug-likeness (QED) is 0.488. The lowest BCUT2D eigenvalue weighted by Gasteiger charge is -2.29. The molecule has 3 N–H and O–H groups in total. The van der Waals surface area contributed by atoms with E-state index in [-0.39, 0.29) is 12.5 Å². The fraction of sp³-hybridized carbons (Fsp3) is 0.348. The fourth-order valence-corrected chi connectivity index (χ4v) is 3.06. The molecule has 0 bridgehead atoms. The van der Waals surface area contributed by atoms with E-state index in [0.29, 0.717) is 18.2 Å². The van der Waals surface area contributed by atoms with Gasteiger partial charge in [0.25, 0.3) is 0 Å². The predicted molar refractivity (Wildman–Crippen MR) is 119 cm³/mol. The molecule has 1 atom stereocenters. The molecule has 2 rings (SSSR count). The van der Waals surface area contributed by atoms with Crippen molar-refractivity contribution in [3.63, 3.8) is 0 Å². The van der Waals surface area contributed by atoms with Crippen LogP contribution in [0.1, 0.15) is 27.2 Å². The maximum atomic E-state index is 13.9. The molecule has 7 nitrogen and oxygen atoms in total. The number of hydrogen-bond donors (Lipinski definition) is 3. The van der Waals surface area contributed by atoms with Crippen molar-refractivity contribution in [2.24, 2.45) is 5.92 Å². The molecule has 0 saturated carbocycles. The highest BCUT2D eigenvalue weighted by molar-refractivity contribution is 5.97. The van der Waals surface area contributed by atoms with E-state index in [0.717, 1.165) is 6.07 Å². The van der Waals surface area contributed by atoms with Crippen molar-refractivity contribution in [1.82, 2.24) is 10.2 Å². The summed E-state index contributed by atoms with van der Waals surface area (Å²) >= 11 is 0. The number of amides is 4. The summed E-state index contributed by atoms with van der Waals surface area (Å²) in [6, 6.07) is 8.73. The van der Waals surface area contributed by atoms with Crippen molar-refractivity contribution in [1.29, 1.82) is 0 Å². The Morgan fingerprint density at radius 2 is 1.61 bits per heavy atom. The van der Waals surface area contributed by atoms with Crippen LogP contribution in [0.2, 0.25) is 0 Å². The number of nitrogens with one attached hydrogen (secondary N) is 3. The number of rotatable bonds is 9. The molecule has 0 heterocycles. The minimum atomic E-state index is -1.71. The SMILES string of the molecule is CCCN(CC(=O)Nc1ccc(F)c(F)c1F)C(=O)C(NC(=O)Nc1ccccc1)C(C)C. The van der Waals surface area contributed by atoms with Gasteiger partial charge in [0.1, 0.15) is 6.04 Å². The third kappa shape index (κ3) is 7.23. The number of nitrogens with zero attached hydrogens (tertiary/aromatic N) is 1. The molecule has 1 unspecified atom stereocenters. The molecule has 0 spiro atoms. The zero-order chi connectivity index (χ0) is 24.5. The van der Waals surface area contributed by atoms with Crippen LogP contribution in [0.15, 0.2) is 42.5 Å². The van der Waals surface area contributed by atoms with E-state index in [9.17, 15) is 27.6 Å². The first-order chi connectivity index (χ1) is 15.6. The number of carbonyl (C=O) groups is 3. The number of halogens is 3. The predicted octanol–water partition coefficient (Wildman–Crippen LogP) is 4.13. The Morgan fingerprint density at radius 3 is 2.21 bits per heavy atom. The zero-order valence-electron chi connectivity index (χ0n) is 18.6. The maximum absolute atomic E-state index is 13.9. The van der Waals surface area contributed by atoms with Crippen LogP contribution >= 0.6 is 0 Å². The Hall–Kier alpha value is -3.56. The molecular weight excluding hydrogens is 437 g/mol. The molecule has 0 aromatic heterocycles. The third-order valence-electron chi connectivity index (χ3n) is 4.70. The summed E-state index contributed by atoms with van der Waals surface area (Å²) in [5, 5.41) is 7.41. The number of urea groups is 1. The monoisotopic (exact) mass is 464 g/mol. The summed E-state index contributed by atoms with van der Waals surface area (Å²) in [6.45, 7) is 5.01. The summed E-state index contributed by atoms with van der Waals surface area (Å²) in [5.41, 5.74) is 0.00637. The van der Waals surface area contributed by atoms with E-state index < -0.39 is 53.6 Å². The molecular formula is C23H27F3N4O3. The highest BCUT2D eigenvalue weighted by Gasteiger charge is 2.30. The van der Waals surface area contributed by atoms with E-state index in [4.69, 9.17) is 0 Å². The molecule has 0 saturated heterocycles. The molecule has 0 fully saturated rings. The van der Waals surface area contributed by atoms with Crippen LogP contribution in [0, 0.1) is 23.4 Å². The van der Waals surface area contributed by atoms with Crippen molar-refractivity contribution < 1.29 is 27.6 Å². The Labute approximate surface area is 190 Å². The van der Waals surface area contributed by atoms with Gasteiger partial charge < -0.3 is 20.9 Å². The number of anilines is 2. The van der Waals surface area contributed by atoms with Crippen LogP contribution in [0.5, 0.6) is 0 Å². The van der Waals surface area contributed by atoms with Crippen molar-refractivity contribution in [3.05, 3.63) is 59.9 Å². The molecule has 33 heavy (non-hydrogen) atoms. The van der Waals surface area contributed by atoms with Gasteiger partial charge in [0, 0.05) is 12.2 Å². The third-order valence-corrected chi connectivity index (χ3v) is 4.70. The molecule has 10 heteroatoms. The first-order valence-electron chi connectivity index (χ1n) is 10.5. The first-order valence-corrected chi connectivity index (χ1v) is 10.5. The fourth-order valence-electron chi connectivity index (χ4n) is 3.06. The molecule has 4 amide bonds. The highest BCUT2D eigenvalue weighted by atomic mass is 19.2. The van der Waals surface area contributed by atoms with Crippen LogP contribution in [0.25, 0.3) is 0 Å². The average Bonchev–Trinajstić information content (AvgIpc) is 2.77. The lowest BCUT2D eigenvalue weighted by molar-refractivity contribution is -0.137. The smallest absolute Gasteiger partial charge is 0.319 e. The normalized spacial score (nSPS) is 11.6. The second-order valence-electron chi connectivity index (χ2n) is 7.72. The van der Waals surface area contributed by atoms with Crippen LogP contribution in [-0.2, 0) is 9.59 Å². The lowest BCUT2D eigenvalue weighted by Crippen LogP contribution is -2.53. The topological polar surface area (TPSA) is 90.5 Å². The standard InChI is InChI=1S/C23H27F3N4O3/c1-4-12-30(13-18(31)28-17-11-10-16(24)19(25)20(17)26)22(32)21(14(2)3)29-23(33)27-15-8-6-5-7-9-15/h5-11,14,21H,4,12-13H2,1-3H3,(H,28,31)(H2,27,29,33). The number of para-hydroxylation sites is 1. The van der Waals surface area contributed by atoms with Gasteiger partial charge in [0.2, 0.25) is 11.8 Å². The molecule has 0 aliphatic carbocycles. The molecule has 0 aliphatic rings. The van der Waals surface area contributed by atoms with Crippen LogP contribution in [-0.4, -0.2) is 41.9 Å². The Bertz CT molecular complexity index is 986. The van der Waals surface area contributed by atoms with Gasteiger partial charge in [-0.3, -0.25) is 9.59 Å².